The van der Waals surface area contributed by atoms with Gasteiger partial charge in [0.05, 0.1) is 11.5 Å². The molecule has 1 N–H and O–H groups in total. The van der Waals surface area contributed by atoms with Gasteiger partial charge in [-0.1, -0.05) is 36.8 Å². The molecule has 0 aliphatic heterocycles. The van der Waals surface area contributed by atoms with Gasteiger partial charge in [0, 0.05) is 6.61 Å². The van der Waals surface area contributed by atoms with E-state index in [9.17, 15) is 8.42 Å². The van der Waals surface area contributed by atoms with Crippen LogP contribution in [0.5, 0.6) is 0 Å². The van der Waals surface area contributed by atoms with E-state index >= 15 is 0 Å². The van der Waals surface area contributed by atoms with E-state index in [0.29, 0.717) is 0 Å². The number of sulfone groups is 1. The molecule has 1 unspecified atom stereocenters. The Morgan fingerprint density at radius 1 is 1.38 bits per heavy atom. The number of hydrogen-bond donors (Lipinski definition) is 1. The standard InChI is InChI=1S/C12H18O3S/c1-10-4-3-5-12(6-10)9-16(14,15)8-11(2)7-13/h3-6,11,13H,7-9H2,1-2H3. The Morgan fingerprint density at radius 3 is 2.62 bits per heavy atom. The summed E-state index contributed by atoms with van der Waals surface area (Å²) in [4.78, 5) is 0. The summed E-state index contributed by atoms with van der Waals surface area (Å²) in [5, 5.41) is 8.84. The van der Waals surface area contributed by atoms with Crippen molar-refractivity contribution in [2.45, 2.75) is 19.6 Å². The van der Waals surface area contributed by atoms with Crippen LogP contribution in [-0.4, -0.2) is 25.9 Å². The Morgan fingerprint density at radius 2 is 2.06 bits per heavy atom. The van der Waals surface area contributed by atoms with Gasteiger partial charge in [0.15, 0.2) is 9.84 Å². The molecule has 0 saturated carbocycles. The molecule has 0 spiro atoms. The Bertz CT molecular complexity index is 437. The van der Waals surface area contributed by atoms with Gasteiger partial charge in [-0.3, -0.25) is 0 Å². The van der Waals surface area contributed by atoms with Crippen LogP contribution in [0.25, 0.3) is 0 Å². The molecule has 3 nitrogen and oxygen atoms in total. The van der Waals surface area contributed by atoms with Crippen LogP contribution in [-0.2, 0) is 15.6 Å². The summed E-state index contributed by atoms with van der Waals surface area (Å²) in [5.74, 6) is -0.106. The van der Waals surface area contributed by atoms with Crippen molar-refractivity contribution in [3.63, 3.8) is 0 Å². The maximum absolute atomic E-state index is 11.8. The molecule has 16 heavy (non-hydrogen) atoms. The molecule has 0 radical (unpaired) electrons. The van der Waals surface area contributed by atoms with E-state index in [1.165, 1.54) is 0 Å². The monoisotopic (exact) mass is 242 g/mol. The van der Waals surface area contributed by atoms with E-state index < -0.39 is 9.84 Å². The first-order valence-electron chi connectivity index (χ1n) is 5.30. The molecule has 1 atom stereocenters. The Labute approximate surface area is 97.0 Å². The molecule has 1 aromatic rings. The lowest BCUT2D eigenvalue weighted by atomic mass is 10.2. The molecule has 0 saturated heterocycles. The molecule has 4 heteroatoms. The van der Waals surface area contributed by atoms with Crippen molar-refractivity contribution in [2.24, 2.45) is 5.92 Å². The number of benzene rings is 1. The number of aliphatic hydroxyl groups is 1. The average molecular weight is 242 g/mol. The third-order valence-electron chi connectivity index (χ3n) is 2.32. The molecule has 0 bridgehead atoms. The number of hydrogen-bond acceptors (Lipinski definition) is 3. The Kier molecular flexibility index (Phi) is 4.50. The predicted octanol–water partition coefficient (Wildman–Crippen LogP) is 1.54. The van der Waals surface area contributed by atoms with Crippen LogP contribution in [0.1, 0.15) is 18.1 Å². The molecule has 0 heterocycles. The van der Waals surface area contributed by atoms with Crippen LogP contribution >= 0.6 is 0 Å². The zero-order chi connectivity index (χ0) is 12.2. The highest BCUT2D eigenvalue weighted by Crippen LogP contribution is 2.11. The highest BCUT2D eigenvalue weighted by molar-refractivity contribution is 7.90. The predicted molar refractivity (Wildman–Crippen MR) is 64.9 cm³/mol. The van der Waals surface area contributed by atoms with Crippen molar-refractivity contribution in [1.82, 2.24) is 0 Å². The third kappa shape index (κ3) is 4.33. The molecule has 0 fully saturated rings. The molecule has 0 aliphatic carbocycles. The van der Waals surface area contributed by atoms with Crippen molar-refractivity contribution in [3.8, 4) is 0 Å². The first kappa shape index (κ1) is 13.2. The van der Waals surface area contributed by atoms with Gasteiger partial charge in [0.25, 0.3) is 0 Å². The average Bonchev–Trinajstić information content (AvgIpc) is 2.15. The van der Waals surface area contributed by atoms with Gasteiger partial charge in [0.2, 0.25) is 0 Å². The minimum Gasteiger partial charge on any atom is -0.396 e. The fourth-order valence-electron chi connectivity index (χ4n) is 1.60. The topological polar surface area (TPSA) is 54.4 Å². The second-order valence-electron chi connectivity index (χ2n) is 4.33. The van der Waals surface area contributed by atoms with Crippen molar-refractivity contribution in [1.29, 1.82) is 0 Å². The van der Waals surface area contributed by atoms with Crippen LogP contribution in [0.4, 0.5) is 0 Å². The number of aryl methyl sites for hydroxylation is 1. The van der Waals surface area contributed by atoms with Crippen LogP contribution < -0.4 is 0 Å². The van der Waals surface area contributed by atoms with Gasteiger partial charge in [-0.2, -0.15) is 0 Å². The first-order chi connectivity index (χ1) is 7.43. The SMILES string of the molecule is Cc1cccc(CS(=O)(=O)CC(C)CO)c1. The van der Waals surface area contributed by atoms with E-state index in [1.807, 2.05) is 31.2 Å². The van der Waals surface area contributed by atoms with Crippen LogP contribution in [0.3, 0.4) is 0 Å². The quantitative estimate of drug-likeness (QED) is 0.852. The van der Waals surface area contributed by atoms with Crippen molar-refractivity contribution >= 4 is 9.84 Å². The summed E-state index contributed by atoms with van der Waals surface area (Å²) in [6, 6.07) is 7.48. The Hall–Kier alpha value is -0.870. The molecule has 0 aromatic heterocycles. The van der Waals surface area contributed by atoms with Gasteiger partial charge in [-0.15, -0.1) is 0 Å². The molecule has 1 rings (SSSR count). The van der Waals surface area contributed by atoms with E-state index in [1.54, 1.807) is 6.92 Å². The fourth-order valence-corrected chi connectivity index (χ4v) is 3.38. The minimum absolute atomic E-state index is 0.0391. The van der Waals surface area contributed by atoms with Crippen LogP contribution in [0.2, 0.25) is 0 Å². The summed E-state index contributed by atoms with van der Waals surface area (Å²) in [5.41, 5.74) is 1.87. The number of rotatable bonds is 5. The van der Waals surface area contributed by atoms with E-state index in [2.05, 4.69) is 0 Å². The zero-order valence-corrected chi connectivity index (χ0v) is 10.5. The molecular weight excluding hydrogens is 224 g/mol. The van der Waals surface area contributed by atoms with Gasteiger partial charge < -0.3 is 5.11 Å². The lowest BCUT2D eigenvalue weighted by molar-refractivity contribution is 0.249. The van der Waals surface area contributed by atoms with Crippen LogP contribution in [0, 0.1) is 12.8 Å². The van der Waals surface area contributed by atoms with Crippen molar-refractivity contribution < 1.29 is 13.5 Å². The number of aliphatic hydroxyl groups excluding tert-OH is 1. The molecule has 90 valence electrons. The summed E-state index contributed by atoms with van der Waals surface area (Å²) in [6.45, 7) is 3.58. The second-order valence-corrected chi connectivity index (χ2v) is 6.44. The minimum atomic E-state index is -3.12. The van der Waals surface area contributed by atoms with E-state index in [4.69, 9.17) is 5.11 Å². The van der Waals surface area contributed by atoms with Gasteiger partial charge in [-0.05, 0) is 18.4 Å². The zero-order valence-electron chi connectivity index (χ0n) is 9.68. The summed E-state index contributed by atoms with van der Waals surface area (Å²) in [6.07, 6.45) is 0. The third-order valence-corrected chi connectivity index (χ3v) is 4.17. The maximum atomic E-state index is 11.8. The van der Waals surface area contributed by atoms with Crippen molar-refractivity contribution in [2.75, 3.05) is 12.4 Å². The summed E-state index contributed by atoms with van der Waals surface area (Å²) < 4.78 is 23.5. The van der Waals surface area contributed by atoms with E-state index in [-0.39, 0.29) is 24.0 Å². The highest BCUT2D eigenvalue weighted by atomic mass is 32.2. The lowest BCUT2D eigenvalue weighted by Gasteiger charge is -2.09. The van der Waals surface area contributed by atoms with Gasteiger partial charge in [0.1, 0.15) is 0 Å². The molecule has 0 amide bonds. The lowest BCUT2D eigenvalue weighted by Crippen LogP contribution is -2.18. The summed E-state index contributed by atoms with van der Waals surface area (Å²) >= 11 is 0. The molecule has 1 aromatic carbocycles. The van der Waals surface area contributed by atoms with Gasteiger partial charge in [-0.25, -0.2) is 8.42 Å². The largest absolute Gasteiger partial charge is 0.396 e. The molecular formula is C12H18O3S. The fraction of sp³-hybridized carbons (Fsp3) is 0.500. The smallest absolute Gasteiger partial charge is 0.154 e. The normalized spacial score (nSPS) is 13.7. The van der Waals surface area contributed by atoms with Gasteiger partial charge >= 0.3 is 0 Å². The van der Waals surface area contributed by atoms with Crippen molar-refractivity contribution in [3.05, 3.63) is 35.4 Å². The second kappa shape index (κ2) is 5.46. The summed E-state index contributed by atoms with van der Waals surface area (Å²) in [7, 11) is -3.12. The van der Waals surface area contributed by atoms with E-state index in [0.717, 1.165) is 11.1 Å². The Balaban J connectivity index is 2.73. The molecule has 0 aliphatic rings. The maximum Gasteiger partial charge on any atom is 0.154 e. The highest BCUT2D eigenvalue weighted by Gasteiger charge is 2.16. The first-order valence-corrected chi connectivity index (χ1v) is 7.12. The van der Waals surface area contributed by atoms with Crippen LogP contribution in [0.15, 0.2) is 24.3 Å².